The molecule has 26 heavy (non-hydrogen) atoms. The number of aromatic nitrogens is 2. The van der Waals surface area contributed by atoms with Crippen molar-refractivity contribution >= 4 is 28.8 Å². The average Bonchev–Trinajstić information content (AvgIpc) is 3.11. The molecule has 3 rings (SSSR count). The lowest BCUT2D eigenvalue weighted by Crippen LogP contribution is -2.11. The van der Waals surface area contributed by atoms with Crippen LogP contribution in [-0.2, 0) is 4.79 Å². The third kappa shape index (κ3) is 4.12. The third-order valence-corrected chi connectivity index (χ3v) is 4.66. The van der Waals surface area contributed by atoms with Crippen LogP contribution in [0.3, 0.4) is 0 Å². The maximum Gasteiger partial charge on any atom is 0.298 e. The number of nitrogens with one attached hydrogen (secondary N) is 1. The van der Waals surface area contributed by atoms with Gasteiger partial charge in [-0.25, -0.2) is 0 Å². The highest BCUT2D eigenvalue weighted by atomic mass is 32.1. The van der Waals surface area contributed by atoms with E-state index in [1.54, 1.807) is 36.4 Å². The van der Waals surface area contributed by atoms with E-state index in [2.05, 4.69) is 29.4 Å². The Balaban J connectivity index is 1.69. The van der Waals surface area contributed by atoms with Crippen LogP contribution in [0.5, 0.6) is 5.75 Å². The van der Waals surface area contributed by atoms with Gasteiger partial charge in [-0.3, -0.25) is 14.9 Å². The van der Waals surface area contributed by atoms with Crippen molar-refractivity contribution in [1.82, 2.24) is 10.2 Å². The maximum absolute atomic E-state index is 12.3. The Kier molecular flexibility index (Phi) is 5.38. The fourth-order valence-electron chi connectivity index (χ4n) is 2.31. The van der Waals surface area contributed by atoms with Gasteiger partial charge in [0, 0.05) is 11.1 Å². The smallest absolute Gasteiger partial charge is 0.298 e. The summed E-state index contributed by atoms with van der Waals surface area (Å²) in [6, 6.07) is 14.4. The predicted octanol–water partition coefficient (Wildman–Crippen LogP) is 4.12. The molecule has 3 aromatic rings. The summed E-state index contributed by atoms with van der Waals surface area (Å²) in [7, 11) is 0. The van der Waals surface area contributed by atoms with E-state index in [4.69, 9.17) is 4.74 Å². The van der Waals surface area contributed by atoms with Crippen molar-refractivity contribution in [1.29, 1.82) is 0 Å². The highest BCUT2D eigenvalue weighted by Gasteiger charge is 2.12. The van der Waals surface area contributed by atoms with Crippen LogP contribution in [0.1, 0.15) is 35.7 Å². The van der Waals surface area contributed by atoms with E-state index in [0.717, 1.165) is 5.56 Å². The quantitative estimate of drug-likeness (QED) is 0.663. The van der Waals surface area contributed by atoms with Gasteiger partial charge in [0.1, 0.15) is 10.8 Å². The fraction of sp³-hybridized carbons (Fsp3) is 0.158. The molecule has 0 saturated carbocycles. The predicted molar refractivity (Wildman–Crippen MR) is 101 cm³/mol. The van der Waals surface area contributed by atoms with Crippen molar-refractivity contribution in [2.24, 2.45) is 0 Å². The number of anilines is 1. The first-order chi connectivity index (χ1) is 12.6. The van der Waals surface area contributed by atoms with Gasteiger partial charge >= 0.3 is 0 Å². The van der Waals surface area contributed by atoms with Crippen LogP contribution in [0, 0.1) is 0 Å². The first kappa shape index (κ1) is 17.8. The van der Waals surface area contributed by atoms with Crippen molar-refractivity contribution in [3.05, 3.63) is 59.7 Å². The summed E-state index contributed by atoms with van der Waals surface area (Å²) in [5.74, 6) is 0.644. The first-order valence-electron chi connectivity index (χ1n) is 8.02. The number of hydrogen-bond acceptors (Lipinski definition) is 6. The average molecular weight is 367 g/mol. The SMILES string of the molecule is CC(C)c1ccc(C(=O)Nc2nnc(-c3ccc(OC=O)cc3)s2)cc1. The molecule has 1 amide bonds. The van der Waals surface area contributed by atoms with E-state index in [1.165, 1.54) is 16.9 Å². The molecule has 7 heteroatoms. The molecule has 0 saturated heterocycles. The Labute approximate surface area is 154 Å². The summed E-state index contributed by atoms with van der Waals surface area (Å²) < 4.78 is 4.76. The van der Waals surface area contributed by atoms with Gasteiger partial charge in [-0.15, -0.1) is 10.2 Å². The number of ether oxygens (including phenoxy) is 1. The number of benzene rings is 2. The topological polar surface area (TPSA) is 81.2 Å². The number of carbonyl (C=O) groups is 2. The molecule has 132 valence electrons. The van der Waals surface area contributed by atoms with Crippen LogP contribution >= 0.6 is 11.3 Å². The Morgan fingerprint density at radius 3 is 2.38 bits per heavy atom. The second kappa shape index (κ2) is 7.88. The second-order valence-electron chi connectivity index (χ2n) is 5.88. The molecule has 1 heterocycles. The number of nitrogens with zero attached hydrogens (tertiary/aromatic N) is 2. The molecule has 2 aromatic carbocycles. The molecule has 0 spiro atoms. The molecule has 0 aliphatic heterocycles. The van der Waals surface area contributed by atoms with Crippen LogP contribution in [0.25, 0.3) is 10.6 Å². The molecular weight excluding hydrogens is 350 g/mol. The lowest BCUT2D eigenvalue weighted by molar-refractivity contribution is -0.120. The summed E-state index contributed by atoms with van der Waals surface area (Å²) in [5, 5.41) is 11.9. The van der Waals surface area contributed by atoms with Gasteiger partial charge in [-0.2, -0.15) is 0 Å². The molecule has 1 aromatic heterocycles. The summed E-state index contributed by atoms with van der Waals surface area (Å²) in [4.78, 5) is 22.7. The van der Waals surface area contributed by atoms with Crippen LogP contribution in [0.4, 0.5) is 5.13 Å². The van der Waals surface area contributed by atoms with Crippen LogP contribution in [0.15, 0.2) is 48.5 Å². The minimum Gasteiger partial charge on any atom is -0.429 e. The number of amides is 1. The minimum atomic E-state index is -0.224. The highest BCUT2D eigenvalue weighted by Crippen LogP contribution is 2.28. The molecule has 0 fully saturated rings. The van der Waals surface area contributed by atoms with Crippen LogP contribution in [0.2, 0.25) is 0 Å². The molecule has 0 unspecified atom stereocenters. The minimum absolute atomic E-state index is 0.224. The number of hydrogen-bond donors (Lipinski definition) is 1. The monoisotopic (exact) mass is 367 g/mol. The molecule has 0 atom stereocenters. The molecular formula is C19H17N3O3S. The van der Waals surface area contributed by atoms with E-state index in [-0.39, 0.29) is 5.91 Å². The van der Waals surface area contributed by atoms with Gasteiger partial charge in [-0.05, 0) is 47.9 Å². The van der Waals surface area contributed by atoms with Gasteiger partial charge in [-0.1, -0.05) is 37.3 Å². The Morgan fingerprint density at radius 2 is 1.77 bits per heavy atom. The molecule has 6 nitrogen and oxygen atoms in total. The largest absolute Gasteiger partial charge is 0.429 e. The molecule has 0 bridgehead atoms. The molecule has 1 N–H and O–H groups in total. The lowest BCUT2D eigenvalue weighted by Gasteiger charge is -2.06. The fourth-order valence-corrected chi connectivity index (χ4v) is 3.05. The van der Waals surface area contributed by atoms with E-state index in [1.807, 2.05) is 12.1 Å². The maximum atomic E-state index is 12.3. The van der Waals surface area contributed by atoms with Gasteiger partial charge in [0.2, 0.25) is 5.13 Å². The van der Waals surface area contributed by atoms with Gasteiger partial charge < -0.3 is 4.74 Å². The summed E-state index contributed by atoms with van der Waals surface area (Å²) in [6.45, 7) is 4.59. The van der Waals surface area contributed by atoms with Crippen molar-refractivity contribution in [2.45, 2.75) is 19.8 Å². The van der Waals surface area contributed by atoms with Crippen molar-refractivity contribution in [3.8, 4) is 16.3 Å². The summed E-state index contributed by atoms with van der Waals surface area (Å²) in [5.41, 5.74) is 2.57. The van der Waals surface area contributed by atoms with Crippen molar-refractivity contribution < 1.29 is 14.3 Å². The Morgan fingerprint density at radius 1 is 1.08 bits per heavy atom. The van der Waals surface area contributed by atoms with E-state index < -0.39 is 0 Å². The first-order valence-corrected chi connectivity index (χ1v) is 8.84. The van der Waals surface area contributed by atoms with Gasteiger partial charge in [0.05, 0.1) is 0 Å². The second-order valence-corrected chi connectivity index (χ2v) is 6.86. The standard InChI is InChI=1S/C19H17N3O3S/c1-12(2)13-3-5-14(6-4-13)17(24)20-19-22-21-18(26-19)15-7-9-16(10-8-15)25-11-23/h3-12H,1-2H3,(H,20,22,24). The molecule has 0 aliphatic carbocycles. The van der Waals surface area contributed by atoms with Crippen LogP contribution in [-0.4, -0.2) is 22.6 Å². The van der Waals surface area contributed by atoms with Crippen molar-refractivity contribution in [3.63, 3.8) is 0 Å². The Hall–Kier alpha value is -3.06. The zero-order chi connectivity index (χ0) is 18.5. The zero-order valence-corrected chi connectivity index (χ0v) is 15.1. The van der Waals surface area contributed by atoms with Gasteiger partial charge in [0.15, 0.2) is 0 Å². The third-order valence-electron chi connectivity index (χ3n) is 3.77. The van der Waals surface area contributed by atoms with Crippen molar-refractivity contribution in [2.75, 3.05) is 5.32 Å². The van der Waals surface area contributed by atoms with Crippen LogP contribution < -0.4 is 10.1 Å². The molecule has 0 aliphatic rings. The lowest BCUT2D eigenvalue weighted by atomic mass is 10.0. The number of carbonyl (C=O) groups excluding carboxylic acids is 2. The Bertz CT molecular complexity index is 903. The van der Waals surface area contributed by atoms with Gasteiger partial charge in [0.25, 0.3) is 12.4 Å². The van der Waals surface area contributed by atoms with E-state index in [9.17, 15) is 9.59 Å². The normalized spacial score (nSPS) is 10.6. The molecule has 0 radical (unpaired) electrons. The highest BCUT2D eigenvalue weighted by molar-refractivity contribution is 7.18. The van der Waals surface area contributed by atoms with E-state index >= 15 is 0 Å². The summed E-state index contributed by atoms with van der Waals surface area (Å²) in [6.07, 6.45) is 0. The zero-order valence-electron chi connectivity index (χ0n) is 14.3. The number of rotatable bonds is 6. The summed E-state index contributed by atoms with van der Waals surface area (Å²) >= 11 is 1.27. The van der Waals surface area contributed by atoms with E-state index in [0.29, 0.717) is 33.8 Å².